The highest BCUT2D eigenvalue weighted by molar-refractivity contribution is 6.42. The molecule has 0 radical (unpaired) electrons. The largest absolute Gasteiger partial charge is 0.314 e. The van der Waals surface area contributed by atoms with Crippen molar-refractivity contribution in [2.75, 3.05) is 19.6 Å². The van der Waals surface area contributed by atoms with Gasteiger partial charge in [-0.1, -0.05) is 29.3 Å². The molecule has 1 saturated heterocycles. The van der Waals surface area contributed by atoms with Crippen LogP contribution in [0.5, 0.6) is 0 Å². The highest BCUT2D eigenvalue weighted by atomic mass is 35.5. The van der Waals surface area contributed by atoms with Crippen molar-refractivity contribution in [3.05, 3.63) is 74.4 Å². The van der Waals surface area contributed by atoms with Crippen LogP contribution in [-0.2, 0) is 13.0 Å². The van der Waals surface area contributed by atoms with Crippen molar-refractivity contribution < 1.29 is 0 Å². The first kappa shape index (κ1) is 17.7. The first-order valence-electron chi connectivity index (χ1n) is 8.97. The Hall–Kier alpha value is -1.75. The molecule has 3 heterocycles. The third-order valence-electron chi connectivity index (χ3n) is 5.10. The molecule has 0 N–H and O–H groups in total. The molecule has 0 amide bonds. The van der Waals surface area contributed by atoms with Gasteiger partial charge in [0, 0.05) is 37.6 Å². The molecular formula is C20H21Cl2N3O. The second-order valence-corrected chi connectivity index (χ2v) is 7.66. The minimum absolute atomic E-state index is 0.0621. The average Bonchev–Trinajstić information content (AvgIpc) is 3.28. The van der Waals surface area contributed by atoms with Crippen molar-refractivity contribution in [3.8, 4) is 0 Å². The zero-order valence-corrected chi connectivity index (χ0v) is 16.0. The highest BCUT2D eigenvalue weighted by Crippen LogP contribution is 2.24. The van der Waals surface area contributed by atoms with Crippen LogP contribution < -0.4 is 5.56 Å². The maximum absolute atomic E-state index is 12.8. The van der Waals surface area contributed by atoms with Gasteiger partial charge in [-0.2, -0.15) is 0 Å². The van der Waals surface area contributed by atoms with Gasteiger partial charge in [-0.25, -0.2) is 0 Å². The fourth-order valence-corrected chi connectivity index (χ4v) is 3.96. The smallest absolute Gasteiger partial charge is 0.274 e. The summed E-state index contributed by atoms with van der Waals surface area (Å²) in [6.07, 6.45) is 7.11. The van der Waals surface area contributed by atoms with Crippen molar-refractivity contribution in [3.63, 3.8) is 0 Å². The Labute approximate surface area is 162 Å². The fourth-order valence-electron chi connectivity index (χ4n) is 3.64. The van der Waals surface area contributed by atoms with E-state index in [2.05, 4.69) is 4.90 Å². The van der Waals surface area contributed by atoms with Gasteiger partial charge in [-0.15, -0.1) is 0 Å². The van der Waals surface area contributed by atoms with Gasteiger partial charge in [0.25, 0.3) is 5.56 Å². The molecule has 1 aromatic carbocycles. The molecule has 136 valence electrons. The molecule has 0 aliphatic carbocycles. The van der Waals surface area contributed by atoms with Crippen molar-refractivity contribution >= 4 is 28.7 Å². The number of hydrogen-bond donors (Lipinski definition) is 0. The van der Waals surface area contributed by atoms with Gasteiger partial charge in [-0.3, -0.25) is 4.79 Å². The van der Waals surface area contributed by atoms with Crippen LogP contribution in [0.15, 0.2) is 47.5 Å². The van der Waals surface area contributed by atoms with E-state index in [9.17, 15) is 4.79 Å². The molecule has 4 nitrogen and oxygen atoms in total. The van der Waals surface area contributed by atoms with E-state index in [1.165, 1.54) is 12.8 Å². The Morgan fingerprint density at radius 3 is 2.50 bits per heavy atom. The van der Waals surface area contributed by atoms with Gasteiger partial charge in [-0.05, 0) is 55.8 Å². The summed E-state index contributed by atoms with van der Waals surface area (Å²) >= 11 is 12.1. The molecule has 0 atom stereocenters. The van der Waals surface area contributed by atoms with Crippen molar-refractivity contribution in [1.29, 1.82) is 0 Å². The van der Waals surface area contributed by atoms with E-state index in [-0.39, 0.29) is 5.56 Å². The zero-order valence-electron chi connectivity index (χ0n) is 14.5. The monoisotopic (exact) mass is 389 g/mol. The minimum atomic E-state index is 0.0621. The van der Waals surface area contributed by atoms with Crippen LogP contribution in [0.25, 0.3) is 5.52 Å². The van der Waals surface area contributed by atoms with Crippen LogP contribution in [0.4, 0.5) is 0 Å². The van der Waals surface area contributed by atoms with Crippen LogP contribution in [0, 0.1) is 0 Å². The number of likely N-dealkylation sites (tertiary alicyclic amines) is 1. The van der Waals surface area contributed by atoms with Gasteiger partial charge < -0.3 is 13.9 Å². The fraction of sp³-hybridized carbons (Fsp3) is 0.350. The molecule has 0 unspecified atom stereocenters. The van der Waals surface area contributed by atoms with E-state index in [4.69, 9.17) is 23.2 Å². The lowest BCUT2D eigenvalue weighted by atomic mass is 10.1. The summed E-state index contributed by atoms with van der Waals surface area (Å²) in [5.74, 6) is 0. The normalized spacial score (nSPS) is 15.2. The predicted molar refractivity (Wildman–Crippen MR) is 107 cm³/mol. The van der Waals surface area contributed by atoms with E-state index in [0.29, 0.717) is 22.0 Å². The van der Waals surface area contributed by atoms with E-state index in [0.717, 1.165) is 37.4 Å². The number of aromatic nitrogens is 2. The lowest BCUT2D eigenvalue weighted by molar-refractivity contribution is 0.320. The van der Waals surface area contributed by atoms with Crippen LogP contribution in [-0.4, -0.2) is 33.5 Å². The van der Waals surface area contributed by atoms with Crippen LogP contribution in [0.2, 0.25) is 10.0 Å². The second-order valence-electron chi connectivity index (χ2n) is 6.85. The standard InChI is InChI=1S/C20H21Cl2N3O/c21-17-5-3-15(14-18(17)22)13-16-4-6-19-20(26)24(11-12-25(16)19)10-9-23-7-1-2-8-23/h3-6,11-12,14H,1-2,7-10,13H2. The van der Waals surface area contributed by atoms with Gasteiger partial charge in [0.05, 0.1) is 10.0 Å². The lowest BCUT2D eigenvalue weighted by Crippen LogP contribution is -2.29. The quantitative estimate of drug-likeness (QED) is 0.657. The third kappa shape index (κ3) is 3.54. The first-order chi connectivity index (χ1) is 12.6. The van der Waals surface area contributed by atoms with E-state index in [1.807, 2.05) is 45.6 Å². The minimum Gasteiger partial charge on any atom is -0.314 e. The molecule has 1 aliphatic heterocycles. The van der Waals surface area contributed by atoms with Gasteiger partial charge in [0.15, 0.2) is 0 Å². The zero-order chi connectivity index (χ0) is 18.1. The number of nitrogens with zero attached hydrogens (tertiary/aromatic N) is 3. The Morgan fingerprint density at radius 2 is 1.73 bits per heavy atom. The molecule has 1 aliphatic rings. The molecular weight excluding hydrogens is 369 g/mol. The number of benzene rings is 1. The summed E-state index contributed by atoms with van der Waals surface area (Å²) in [5.41, 5.74) is 2.90. The molecule has 6 heteroatoms. The Morgan fingerprint density at radius 1 is 0.923 bits per heavy atom. The van der Waals surface area contributed by atoms with Crippen molar-refractivity contribution in [1.82, 2.24) is 13.9 Å². The van der Waals surface area contributed by atoms with Crippen molar-refractivity contribution in [2.24, 2.45) is 0 Å². The average molecular weight is 390 g/mol. The topological polar surface area (TPSA) is 29.6 Å². The summed E-state index contributed by atoms with van der Waals surface area (Å²) in [6.45, 7) is 3.97. The van der Waals surface area contributed by atoms with E-state index in [1.54, 1.807) is 6.07 Å². The second kappa shape index (κ2) is 7.47. The van der Waals surface area contributed by atoms with Crippen LogP contribution >= 0.6 is 23.2 Å². The Balaban J connectivity index is 1.57. The maximum Gasteiger partial charge on any atom is 0.274 e. The maximum atomic E-state index is 12.8. The molecule has 1 fully saturated rings. The van der Waals surface area contributed by atoms with Crippen LogP contribution in [0.3, 0.4) is 0 Å². The number of hydrogen-bond acceptors (Lipinski definition) is 2. The molecule has 26 heavy (non-hydrogen) atoms. The van der Waals surface area contributed by atoms with Crippen molar-refractivity contribution in [2.45, 2.75) is 25.8 Å². The number of halogens is 2. The summed E-state index contributed by atoms with van der Waals surface area (Å²) < 4.78 is 3.79. The molecule has 0 bridgehead atoms. The number of fused-ring (bicyclic) bond motifs is 1. The molecule has 4 rings (SSSR count). The molecule has 3 aromatic rings. The van der Waals surface area contributed by atoms with Gasteiger partial charge in [0.1, 0.15) is 5.52 Å². The summed E-state index contributed by atoms with van der Waals surface area (Å²) in [7, 11) is 0. The Bertz CT molecular complexity index is 986. The predicted octanol–water partition coefficient (Wildman–Crippen LogP) is 4.09. The Kier molecular flexibility index (Phi) is 5.07. The molecule has 2 aromatic heterocycles. The molecule has 0 spiro atoms. The summed E-state index contributed by atoms with van der Waals surface area (Å²) in [4.78, 5) is 15.2. The SMILES string of the molecule is O=c1c2ccc(Cc3ccc(Cl)c(Cl)c3)n2ccn1CCN1CCCC1. The van der Waals surface area contributed by atoms with Gasteiger partial charge in [0.2, 0.25) is 0 Å². The highest BCUT2D eigenvalue weighted by Gasteiger charge is 2.13. The first-order valence-corrected chi connectivity index (χ1v) is 9.73. The number of rotatable bonds is 5. The summed E-state index contributed by atoms with van der Waals surface area (Å²) in [5, 5.41) is 1.10. The van der Waals surface area contributed by atoms with Crippen LogP contribution in [0.1, 0.15) is 24.1 Å². The van der Waals surface area contributed by atoms with E-state index >= 15 is 0 Å². The summed E-state index contributed by atoms with van der Waals surface area (Å²) in [6, 6.07) is 9.55. The molecule has 0 saturated carbocycles. The van der Waals surface area contributed by atoms with Gasteiger partial charge >= 0.3 is 0 Å². The third-order valence-corrected chi connectivity index (χ3v) is 5.84. The van der Waals surface area contributed by atoms with E-state index < -0.39 is 0 Å². The lowest BCUT2D eigenvalue weighted by Gasteiger charge is -2.15.